The van der Waals surface area contributed by atoms with Gasteiger partial charge in [-0.15, -0.1) is 11.3 Å². The van der Waals surface area contributed by atoms with Crippen molar-refractivity contribution in [3.05, 3.63) is 81.5 Å². The zero-order chi connectivity index (χ0) is 31.2. The number of rotatable bonds is 9. The molecule has 9 nitrogen and oxygen atoms in total. The van der Waals surface area contributed by atoms with Gasteiger partial charge in [0.15, 0.2) is 23.1 Å². The highest BCUT2D eigenvalue weighted by atomic mass is 32.1. The van der Waals surface area contributed by atoms with E-state index < -0.39 is 59.6 Å². The van der Waals surface area contributed by atoms with Crippen LogP contribution in [0.4, 0.5) is 32.0 Å². The van der Waals surface area contributed by atoms with Crippen LogP contribution in [0.5, 0.6) is 5.75 Å². The van der Waals surface area contributed by atoms with Crippen LogP contribution in [-0.2, 0) is 13.2 Å². The van der Waals surface area contributed by atoms with Crippen LogP contribution >= 0.6 is 11.3 Å². The zero-order valence-electron chi connectivity index (χ0n) is 22.1. The van der Waals surface area contributed by atoms with Gasteiger partial charge in [0.2, 0.25) is 11.6 Å². The fourth-order valence-corrected chi connectivity index (χ4v) is 5.27. The molecule has 3 N–H and O–H groups in total. The van der Waals surface area contributed by atoms with Gasteiger partial charge in [-0.1, -0.05) is 0 Å². The number of carbonyl (C=O) groups excluding carboxylic acids is 2. The Morgan fingerprint density at radius 2 is 1.81 bits per heavy atom. The third-order valence-electron chi connectivity index (χ3n) is 6.24. The van der Waals surface area contributed by atoms with E-state index >= 15 is 0 Å². The maximum absolute atomic E-state index is 13.9. The topological polar surface area (TPSA) is 125 Å². The normalized spacial score (nSPS) is 11.5. The summed E-state index contributed by atoms with van der Waals surface area (Å²) in [5, 5.41) is 7.02. The van der Waals surface area contributed by atoms with Crippen LogP contribution in [-0.4, -0.2) is 26.6 Å². The lowest BCUT2D eigenvalue weighted by molar-refractivity contribution is 0.0992. The van der Waals surface area contributed by atoms with Gasteiger partial charge in [0.05, 0.1) is 11.4 Å². The van der Waals surface area contributed by atoms with Crippen molar-refractivity contribution in [2.45, 2.75) is 33.4 Å². The van der Waals surface area contributed by atoms with Gasteiger partial charge in [-0.25, -0.2) is 22.5 Å². The number of furan rings is 1. The Bertz CT molecular complexity index is 1870. The fraction of sp³-hybridized carbons (Fsp3) is 0.185. The summed E-state index contributed by atoms with van der Waals surface area (Å²) in [5.74, 6) is -10.6. The number of nitrogens with two attached hydrogens (primary N) is 1. The number of fused-ring (bicyclic) bond motifs is 1. The van der Waals surface area contributed by atoms with E-state index in [1.165, 1.54) is 6.07 Å². The summed E-state index contributed by atoms with van der Waals surface area (Å²) in [7, 11) is 0. The maximum atomic E-state index is 13.9. The average molecular weight is 624 g/mol. The second-order valence-electron chi connectivity index (χ2n) is 9.04. The molecular weight excluding hydrogens is 604 g/mol. The number of hydrogen-bond donors (Lipinski definition) is 2. The number of nitrogens with one attached hydrogen (secondary N) is 1. The molecule has 2 amide bonds. The third kappa shape index (κ3) is 5.52. The number of benzene rings is 1. The van der Waals surface area contributed by atoms with Crippen molar-refractivity contribution in [1.29, 1.82) is 0 Å². The number of amides is 2. The number of aromatic nitrogens is 3. The van der Waals surface area contributed by atoms with E-state index in [4.69, 9.17) is 14.9 Å². The highest BCUT2D eigenvalue weighted by Crippen LogP contribution is 2.43. The summed E-state index contributed by atoms with van der Waals surface area (Å²) in [5.41, 5.74) is 6.03. The molecule has 0 aliphatic rings. The van der Waals surface area contributed by atoms with Crippen molar-refractivity contribution in [3.8, 4) is 16.9 Å². The predicted octanol–water partition coefficient (Wildman–Crippen LogP) is 6.51. The molecule has 0 saturated carbocycles. The Labute approximate surface area is 241 Å². The first-order valence-corrected chi connectivity index (χ1v) is 13.2. The number of alkyl halides is 2. The number of aryl methyl sites for hydroxylation is 2. The first-order chi connectivity index (χ1) is 20.4. The molecule has 0 bridgehead atoms. The van der Waals surface area contributed by atoms with Crippen molar-refractivity contribution in [3.63, 3.8) is 0 Å². The summed E-state index contributed by atoms with van der Waals surface area (Å²) in [6, 6.07) is 3.52. The van der Waals surface area contributed by atoms with E-state index in [1.54, 1.807) is 17.8 Å². The largest absolute Gasteiger partial charge is 0.479 e. The minimum atomic E-state index is -2.95. The number of carbonyl (C=O) groups is 2. The molecule has 4 heterocycles. The number of thiophene rings is 1. The molecule has 0 radical (unpaired) electrons. The molecule has 4 aromatic heterocycles. The Hall–Kier alpha value is -4.86. The lowest BCUT2D eigenvalue weighted by Gasteiger charge is -2.10. The molecule has 0 fully saturated rings. The second kappa shape index (κ2) is 11.4. The molecule has 0 aliphatic carbocycles. The maximum Gasteiger partial charge on any atom is 0.291 e. The molecule has 0 aliphatic heterocycles. The molecule has 0 unspecified atom stereocenters. The van der Waals surface area contributed by atoms with Crippen LogP contribution < -0.4 is 15.8 Å². The summed E-state index contributed by atoms with van der Waals surface area (Å²) in [4.78, 5) is 29.3. The molecule has 224 valence electrons. The van der Waals surface area contributed by atoms with E-state index in [0.717, 1.165) is 12.1 Å². The van der Waals surface area contributed by atoms with Crippen LogP contribution in [0.15, 0.2) is 34.9 Å². The monoisotopic (exact) mass is 623 g/mol. The smallest absolute Gasteiger partial charge is 0.291 e. The number of ether oxygens (including phenoxy) is 1. The molecule has 1 aromatic carbocycles. The van der Waals surface area contributed by atoms with Crippen LogP contribution in [0.3, 0.4) is 0 Å². The molecule has 0 atom stereocenters. The molecule has 43 heavy (non-hydrogen) atoms. The number of halogens is 6. The minimum Gasteiger partial charge on any atom is -0.479 e. The van der Waals surface area contributed by atoms with Gasteiger partial charge in [0, 0.05) is 29.8 Å². The van der Waals surface area contributed by atoms with Gasteiger partial charge >= 0.3 is 0 Å². The first-order valence-electron chi connectivity index (χ1n) is 12.3. The molecule has 16 heteroatoms. The average Bonchev–Trinajstić information content (AvgIpc) is 3.68. The number of primary amides is 1. The second-order valence-corrected chi connectivity index (χ2v) is 10.0. The molecule has 0 spiro atoms. The number of hydrogen-bond acceptors (Lipinski definition) is 7. The van der Waals surface area contributed by atoms with E-state index in [-0.39, 0.29) is 43.9 Å². The Balaban J connectivity index is 1.51. The molecule has 5 aromatic rings. The highest BCUT2D eigenvalue weighted by molar-refractivity contribution is 7.21. The van der Waals surface area contributed by atoms with Crippen LogP contribution in [0, 0.1) is 30.2 Å². The van der Waals surface area contributed by atoms with E-state index in [9.17, 15) is 35.9 Å². The Morgan fingerprint density at radius 3 is 2.42 bits per heavy atom. The summed E-state index contributed by atoms with van der Waals surface area (Å²) in [6.07, 6.45) is -1.32. The summed E-state index contributed by atoms with van der Waals surface area (Å²) >= 11 is 0.700. The first kappa shape index (κ1) is 29.6. The fourth-order valence-electron chi connectivity index (χ4n) is 4.25. The van der Waals surface area contributed by atoms with Crippen molar-refractivity contribution in [1.82, 2.24) is 14.8 Å². The quantitative estimate of drug-likeness (QED) is 0.143. The summed E-state index contributed by atoms with van der Waals surface area (Å²) in [6.45, 7) is 3.26. The van der Waals surface area contributed by atoms with Crippen LogP contribution in [0.2, 0.25) is 0 Å². The zero-order valence-corrected chi connectivity index (χ0v) is 22.9. The summed E-state index contributed by atoms with van der Waals surface area (Å²) < 4.78 is 94.1. The molecular formula is C27H19F6N5O4S. The van der Waals surface area contributed by atoms with Crippen molar-refractivity contribution < 1.29 is 45.1 Å². The van der Waals surface area contributed by atoms with E-state index in [2.05, 4.69) is 15.4 Å². The number of nitrogens with zero attached hydrogens (tertiary/aromatic N) is 3. The van der Waals surface area contributed by atoms with Gasteiger partial charge in [0.25, 0.3) is 18.2 Å². The standard InChI is InChI=1S/C27H19F6N5O4S/c1-3-38-8-13(10(2)37-38)12-6-16(24(32)33)35-27-18(12)21(23(43-27)25(34)39)36-26(40)17-5-4-11(42-17)9-41-22-19(30)14(28)7-15(29)20(22)31/h4-8,24H,3,9H2,1-2H3,(H2,34,39)(H,36,40). The van der Waals surface area contributed by atoms with Crippen molar-refractivity contribution in [2.75, 3.05) is 5.32 Å². The van der Waals surface area contributed by atoms with Gasteiger partial charge in [-0.2, -0.15) is 13.9 Å². The predicted molar refractivity (Wildman–Crippen MR) is 142 cm³/mol. The van der Waals surface area contributed by atoms with Gasteiger partial charge in [-0.3, -0.25) is 14.3 Å². The third-order valence-corrected chi connectivity index (χ3v) is 7.34. The van der Waals surface area contributed by atoms with Crippen molar-refractivity contribution in [2.24, 2.45) is 5.73 Å². The van der Waals surface area contributed by atoms with Gasteiger partial charge < -0.3 is 20.2 Å². The Kier molecular flexibility index (Phi) is 7.88. The SMILES string of the molecule is CCn1cc(-c2cc(C(F)F)nc3sc(C(N)=O)c(NC(=O)c4ccc(COc5c(F)c(F)cc(F)c5F)o4)c23)c(C)n1. The van der Waals surface area contributed by atoms with Crippen molar-refractivity contribution >= 4 is 39.1 Å². The number of pyridine rings is 1. The van der Waals surface area contributed by atoms with Crippen LogP contribution in [0.25, 0.3) is 21.3 Å². The van der Waals surface area contributed by atoms with E-state index in [1.807, 2.05) is 6.92 Å². The van der Waals surface area contributed by atoms with Gasteiger partial charge in [0.1, 0.15) is 27.8 Å². The van der Waals surface area contributed by atoms with E-state index in [0.29, 0.717) is 29.1 Å². The minimum absolute atomic E-state index is 0.000427. The lowest BCUT2D eigenvalue weighted by atomic mass is 10.0. The number of anilines is 1. The Morgan fingerprint density at radius 1 is 1.12 bits per heavy atom. The van der Waals surface area contributed by atoms with Crippen LogP contribution in [0.1, 0.15) is 50.7 Å². The molecule has 0 saturated heterocycles. The lowest BCUT2D eigenvalue weighted by Crippen LogP contribution is -2.16. The molecule has 5 rings (SSSR count). The highest BCUT2D eigenvalue weighted by Gasteiger charge is 2.27. The van der Waals surface area contributed by atoms with Gasteiger partial charge in [-0.05, 0) is 37.6 Å².